The van der Waals surface area contributed by atoms with Crippen LogP contribution in [0.5, 0.6) is 0 Å². The number of nitrogens with one attached hydrogen (secondary N) is 1. The Morgan fingerprint density at radius 3 is 2.53 bits per heavy atom. The van der Waals surface area contributed by atoms with Crippen LogP contribution < -0.4 is 5.32 Å². The molecule has 6 nitrogen and oxygen atoms in total. The summed E-state index contributed by atoms with van der Waals surface area (Å²) in [5.41, 5.74) is 1.95. The van der Waals surface area contributed by atoms with Gasteiger partial charge in [-0.25, -0.2) is 0 Å². The van der Waals surface area contributed by atoms with Gasteiger partial charge in [0.15, 0.2) is 0 Å². The molecule has 0 aliphatic carbocycles. The van der Waals surface area contributed by atoms with Crippen LogP contribution >= 0.6 is 15.9 Å². The van der Waals surface area contributed by atoms with E-state index >= 15 is 0 Å². The topological polar surface area (TPSA) is 86.3 Å². The molecule has 2 amide bonds. The first-order chi connectivity index (χ1) is 14.5. The Labute approximate surface area is 182 Å². The van der Waals surface area contributed by atoms with E-state index in [1.807, 2.05) is 24.3 Å². The molecule has 0 aliphatic rings. The second-order valence-corrected chi connectivity index (χ2v) is 7.22. The average Bonchev–Trinajstić information content (AvgIpc) is 3.27. The molecule has 0 bridgehead atoms. The van der Waals surface area contributed by atoms with Gasteiger partial charge in [0.05, 0.1) is 30.1 Å². The Balaban J connectivity index is 1.71. The van der Waals surface area contributed by atoms with Gasteiger partial charge in [-0.2, -0.15) is 5.26 Å². The molecule has 3 aromatic rings. The predicted molar refractivity (Wildman–Crippen MR) is 117 cm³/mol. The van der Waals surface area contributed by atoms with Crippen LogP contribution in [-0.2, 0) is 16.1 Å². The van der Waals surface area contributed by atoms with E-state index in [4.69, 9.17) is 9.68 Å². The Morgan fingerprint density at radius 1 is 1.10 bits per heavy atom. The highest BCUT2D eigenvalue weighted by Crippen LogP contribution is 2.21. The fourth-order valence-electron chi connectivity index (χ4n) is 2.67. The second kappa shape index (κ2) is 10.2. The van der Waals surface area contributed by atoms with Crippen molar-refractivity contribution < 1.29 is 14.0 Å². The lowest BCUT2D eigenvalue weighted by molar-refractivity contribution is -0.131. The summed E-state index contributed by atoms with van der Waals surface area (Å²) in [5.74, 6) is -0.0876. The maximum Gasteiger partial charge on any atom is 0.247 e. The van der Waals surface area contributed by atoms with Crippen molar-refractivity contribution in [2.45, 2.75) is 6.54 Å². The summed E-state index contributed by atoms with van der Waals surface area (Å²) in [5, 5.41) is 11.7. The third-order valence-corrected chi connectivity index (χ3v) is 4.87. The highest BCUT2D eigenvalue weighted by Gasteiger charge is 2.17. The number of carbonyl (C=O) groups is 2. The van der Waals surface area contributed by atoms with E-state index in [0.717, 1.165) is 10.0 Å². The lowest BCUT2D eigenvalue weighted by Crippen LogP contribution is -2.36. The molecule has 0 spiro atoms. The maximum atomic E-state index is 12.8. The zero-order valence-electron chi connectivity index (χ0n) is 15.9. The number of nitrogens with zero attached hydrogens (tertiary/aromatic N) is 2. The largest absolute Gasteiger partial charge is 0.467 e. The van der Waals surface area contributed by atoms with Crippen LogP contribution in [0.15, 0.2) is 81.9 Å². The third-order valence-electron chi connectivity index (χ3n) is 4.18. The van der Waals surface area contributed by atoms with Crippen molar-refractivity contribution >= 4 is 39.5 Å². The number of para-hydroxylation sites is 1. The third kappa shape index (κ3) is 5.93. The number of halogens is 1. The van der Waals surface area contributed by atoms with Crippen LogP contribution in [0.25, 0.3) is 6.08 Å². The van der Waals surface area contributed by atoms with Crippen LogP contribution in [0.3, 0.4) is 0 Å². The van der Waals surface area contributed by atoms with Crippen molar-refractivity contribution in [3.05, 3.63) is 94.4 Å². The van der Waals surface area contributed by atoms with Gasteiger partial charge >= 0.3 is 0 Å². The van der Waals surface area contributed by atoms with Crippen LogP contribution in [0.1, 0.15) is 16.9 Å². The van der Waals surface area contributed by atoms with Crippen molar-refractivity contribution in [3.8, 4) is 6.07 Å². The smallest absolute Gasteiger partial charge is 0.247 e. The summed E-state index contributed by atoms with van der Waals surface area (Å²) in [6, 6.07) is 19.6. The van der Waals surface area contributed by atoms with E-state index in [0.29, 0.717) is 17.0 Å². The van der Waals surface area contributed by atoms with Crippen LogP contribution in [0, 0.1) is 11.3 Å². The quantitative estimate of drug-likeness (QED) is 0.518. The summed E-state index contributed by atoms with van der Waals surface area (Å²) in [6.45, 7) is 0.0193. The Kier molecular flexibility index (Phi) is 7.19. The normalized spacial score (nSPS) is 10.5. The molecule has 30 heavy (non-hydrogen) atoms. The van der Waals surface area contributed by atoms with Gasteiger partial charge in [0.1, 0.15) is 12.3 Å². The molecule has 1 aromatic heterocycles. The van der Waals surface area contributed by atoms with Crippen molar-refractivity contribution in [3.63, 3.8) is 0 Å². The minimum atomic E-state index is -0.335. The van der Waals surface area contributed by atoms with E-state index in [1.165, 1.54) is 17.2 Å². The number of carbonyl (C=O) groups excluding carboxylic acids is 2. The molecule has 7 heteroatoms. The number of hydrogen-bond acceptors (Lipinski definition) is 4. The SMILES string of the molecule is N#Cc1ccc(C=CC(=O)N(CC(=O)Nc2ccccc2Br)Cc2ccco2)cc1. The fraction of sp³-hybridized carbons (Fsp3) is 0.0870. The zero-order chi connectivity index (χ0) is 21.3. The first kappa shape index (κ1) is 21.1. The summed E-state index contributed by atoms with van der Waals surface area (Å²) in [4.78, 5) is 26.7. The highest BCUT2D eigenvalue weighted by atomic mass is 79.9. The van der Waals surface area contributed by atoms with Crippen LogP contribution in [-0.4, -0.2) is 23.3 Å². The van der Waals surface area contributed by atoms with Crippen molar-refractivity contribution in [2.24, 2.45) is 0 Å². The van der Waals surface area contributed by atoms with E-state index in [9.17, 15) is 9.59 Å². The first-order valence-corrected chi connectivity index (χ1v) is 9.88. The molecular weight excluding hydrogens is 446 g/mol. The molecule has 0 atom stereocenters. The standard InChI is InChI=1S/C23H18BrN3O3/c24-20-5-1-2-6-21(20)26-22(28)16-27(15-19-4-3-13-30-19)23(29)12-11-17-7-9-18(14-25)10-8-17/h1-13H,15-16H2,(H,26,28). The number of hydrogen-bond donors (Lipinski definition) is 1. The van der Waals surface area contributed by atoms with Crippen molar-refractivity contribution in [2.75, 3.05) is 11.9 Å². The first-order valence-electron chi connectivity index (χ1n) is 9.09. The summed E-state index contributed by atoms with van der Waals surface area (Å²) >= 11 is 3.39. The highest BCUT2D eigenvalue weighted by molar-refractivity contribution is 9.10. The van der Waals surface area contributed by atoms with Gasteiger partial charge in [0, 0.05) is 10.5 Å². The molecule has 1 N–H and O–H groups in total. The van der Waals surface area contributed by atoms with E-state index in [-0.39, 0.29) is 24.9 Å². The van der Waals surface area contributed by atoms with Gasteiger partial charge in [-0.15, -0.1) is 0 Å². The number of furan rings is 1. The average molecular weight is 464 g/mol. The molecule has 0 radical (unpaired) electrons. The Morgan fingerprint density at radius 2 is 1.87 bits per heavy atom. The molecule has 150 valence electrons. The summed E-state index contributed by atoms with van der Waals surface area (Å²) < 4.78 is 6.09. The zero-order valence-corrected chi connectivity index (χ0v) is 17.5. The van der Waals surface area contributed by atoms with E-state index in [1.54, 1.807) is 48.5 Å². The van der Waals surface area contributed by atoms with Crippen LogP contribution in [0.4, 0.5) is 5.69 Å². The Hall–Kier alpha value is -3.63. The lowest BCUT2D eigenvalue weighted by Gasteiger charge is -2.20. The van der Waals surface area contributed by atoms with Gasteiger partial charge < -0.3 is 14.6 Å². The molecule has 0 saturated heterocycles. The van der Waals surface area contributed by atoms with E-state index < -0.39 is 0 Å². The molecular formula is C23H18BrN3O3. The monoisotopic (exact) mass is 463 g/mol. The van der Waals surface area contributed by atoms with Gasteiger partial charge in [0.25, 0.3) is 0 Å². The van der Waals surface area contributed by atoms with Gasteiger partial charge in [-0.3, -0.25) is 9.59 Å². The van der Waals surface area contributed by atoms with Crippen molar-refractivity contribution in [1.29, 1.82) is 5.26 Å². The minimum absolute atomic E-state index is 0.140. The summed E-state index contributed by atoms with van der Waals surface area (Å²) in [7, 11) is 0. The Bertz CT molecular complexity index is 1080. The van der Waals surface area contributed by atoms with Gasteiger partial charge in [-0.05, 0) is 64.0 Å². The van der Waals surface area contributed by atoms with Crippen molar-refractivity contribution in [1.82, 2.24) is 4.90 Å². The van der Waals surface area contributed by atoms with Gasteiger partial charge in [0.2, 0.25) is 11.8 Å². The number of amides is 2. The number of nitriles is 1. The molecule has 1 heterocycles. The van der Waals surface area contributed by atoms with E-state index in [2.05, 4.69) is 21.2 Å². The number of anilines is 1. The minimum Gasteiger partial charge on any atom is -0.467 e. The van der Waals surface area contributed by atoms with Gasteiger partial charge in [-0.1, -0.05) is 24.3 Å². The summed E-state index contributed by atoms with van der Waals surface area (Å²) in [6.07, 6.45) is 4.56. The molecule has 0 saturated carbocycles. The lowest BCUT2D eigenvalue weighted by atomic mass is 10.1. The number of benzene rings is 2. The molecule has 0 fully saturated rings. The maximum absolute atomic E-state index is 12.8. The molecule has 2 aromatic carbocycles. The van der Waals surface area contributed by atoms with Crippen LogP contribution in [0.2, 0.25) is 0 Å². The molecule has 0 aliphatic heterocycles. The fourth-order valence-corrected chi connectivity index (χ4v) is 3.05. The number of rotatable bonds is 7. The molecule has 3 rings (SSSR count). The predicted octanol–water partition coefficient (Wildman–Crippen LogP) is 4.59. The second-order valence-electron chi connectivity index (χ2n) is 6.37. The molecule has 0 unspecified atom stereocenters.